The van der Waals surface area contributed by atoms with Gasteiger partial charge in [0.2, 0.25) is 0 Å². The Morgan fingerprint density at radius 1 is 1.22 bits per heavy atom. The third-order valence-electron chi connectivity index (χ3n) is 3.74. The lowest BCUT2D eigenvalue weighted by molar-refractivity contribution is 0.0957. The minimum atomic E-state index is 0.159. The quantitative estimate of drug-likeness (QED) is 0.498. The highest BCUT2D eigenvalue weighted by Gasteiger charge is 2.18. The molecule has 0 bridgehead atoms. The number of anilines is 1. The first kappa shape index (κ1) is 13.4. The van der Waals surface area contributed by atoms with Crippen LogP contribution in [0.1, 0.15) is 55.3 Å². The Morgan fingerprint density at radius 2 is 1.89 bits per heavy atom. The molecular formula is C15H20ClNO. The molecule has 1 aromatic carbocycles. The van der Waals surface area contributed by atoms with Crippen LogP contribution < -0.4 is 5.73 Å². The second-order valence-corrected chi connectivity index (χ2v) is 5.63. The van der Waals surface area contributed by atoms with Crippen LogP contribution in [0.25, 0.3) is 0 Å². The number of carbonyl (C=O) groups excluding carboxylic acids is 1. The predicted molar refractivity (Wildman–Crippen MR) is 76.0 cm³/mol. The summed E-state index contributed by atoms with van der Waals surface area (Å²) in [4.78, 5) is 12.2. The maximum atomic E-state index is 12.2. The summed E-state index contributed by atoms with van der Waals surface area (Å²) in [5.74, 6) is 0.695. The number of hydrogen-bond donors (Lipinski definition) is 1. The Kier molecular flexibility index (Phi) is 4.65. The first-order chi connectivity index (χ1) is 8.66. The normalized spacial score (nSPS) is 17.4. The number of nitrogens with two attached hydrogens (primary N) is 1. The van der Waals surface area contributed by atoms with Crippen molar-refractivity contribution in [3.63, 3.8) is 0 Å². The summed E-state index contributed by atoms with van der Waals surface area (Å²) in [6.45, 7) is 0. The van der Waals surface area contributed by atoms with Crippen LogP contribution in [-0.4, -0.2) is 5.78 Å². The maximum absolute atomic E-state index is 12.2. The second-order valence-electron chi connectivity index (χ2n) is 5.22. The van der Waals surface area contributed by atoms with Gasteiger partial charge in [0.1, 0.15) is 0 Å². The molecule has 1 saturated carbocycles. The van der Waals surface area contributed by atoms with Gasteiger partial charge in [-0.2, -0.15) is 0 Å². The van der Waals surface area contributed by atoms with Crippen molar-refractivity contribution in [2.24, 2.45) is 5.92 Å². The highest BCUT2D eigenvalue weighted by atomic mass is 35.5. The topological polar surface area (TPSA) is 43.1 Å². The maximum Gasteiger partial charge on any atom is 0.164 e. The lowest BCUT2D eigenvalue weighted by atomic mass is 9.92. The van der Waals surface area contributed by atoms with Gasteiger partial charge in [-0.25, -0.2) is 0 Å². The van der Waals surface area contributed by atoms with Crippen LogP contribution in [0.15, 0.2) is 18.2 Å². The molecule has 1 aliphatic carbocycles. The van der Waals surface area contributed by atoms with E-state index in [1.165, 1.54) is 38.5 Å². The first-order valence-electron chi connectivity index (χ1n) is 6.75. The number of Topliss-reactive ketones (excluding diaryl/α,β-unsaturated/α-hetero) is 1. The van der Waals surface area contributed by atoms with Gasteiger partial charge < -0.3 is 5.73 Å². The molecule has 0 radical (unpaired) electrons. The van der Waals surface area contributed by atoms with Crippen LogP contribution >= 0.6 is 11.6 Å². The van der Waals surface area contributed by atoms with E-state index in [1.807, 2.05) is 0 Å². The number of nitrogen functional groups attached to an aromatic ring is 1. The van der Waals surface area contributed by atoms with Gasteiger partial charge in [0.25, 0.3) is 0 Å². The summed E-state index contributed by atoms with van der Waals surface area (Å²) in [6.07, 6.45) is 8.13. The standard InChI is InChI=1S/C15H20ClNO/c16-14-10-12(17)7-8-13(14)15(18)9-11-5-3-1-2-4-6-11/h7-8,10-11H,1-6,9,17H2. The van der Waals surface area contributed by atoms with Gasteiger partial charge in [0.05, 0.1) is 5.02 Å². The van der Waals surface area contributed by atoms with Gasteiger partial charge in [0.15, 0.2) is 5.78 Å². The van der Waals surface area contributed by atoms with E-state index in [2.05, 4.69) is 0 Å². The van der Waals surface area contributed by atoms with Gasteiger partial charge in [-0.15, -0.1) is 0 Å². The van der Waals surface area contributed by atoms with E-state index in [9.17, 15) is 4.79 Å². The molecule has 1 fully saturated rings. The number of halogens is 1. The summed E-state index contributed by atoms with van der Waals surface area (Å²) < 4.78 is 0. The zero-order valence-electron chi connectivity index (χ0n) is 10.6. The molecule has 2 N–H and O–H groups in total. The van der Waals surface area contributed by atoms with E-state index in [0.717, 1.165) is 0 Å². The molecule has 0 unspecified atom stereocenters. The monoisotopic (exact) mass is 265 g/mol. The number of ketones is 1. The van der Waals surface area contributed by atoms with E-state index >= 15 is 0 Å². The minimum Gasteiger partial charge on any atom is -0.399 e. The fraction of sp³-hybridized carbons (Fsp3) is 0.533. The van der Waals surface area contributed by atoms with Crippen LogP contribution in [0, 0.1) is 5.92 Å². The molecule has 1 aliphatic rings. The third kappa shape index (κ3) is 3.49. The van der Waals surface area contributed by atoms with Gasteiger partial charge in [0, 0.05) is 17.7 Å². The van der Waals surface area contributed by atoms with Crippen LogP contribution in [0.4, 0.5) is 5.69 Å². The molecule has 2 nitrogen and oxygen atoms in total. The molecule has 1 aromatic rings. The molecular weight excluding hydrogens is 246 g/mol. The average molecular weight is 266 g/mol. The molecule has 0 amide bonds. The van der Waals surface area contributed by atoms with E-state index in [4.69, 9.17) is 17.3 Å². The SMILES string of the molecule is Nc1ccc(C(=O)CC2CCCCCC2)c(Cl)c1. The summed E-state index contributed by atoms with van der Waals surface area (Å²) in [6, 6.07) is 5.14. The fourth-order valence-corrected chi connectivity index (χ4v) is 2.99. The summed E-state index contributed by atoms with van der Waals surface area (Å²) in [7, 11) is 0. The van der Waals surface area contributed by atoms with Crippen LogP contribution in [0.5, 0.6) is 0 Å². The Hall–Kier alpha value is -1.02. The number of rotatable bonds is 3. The molecule has 98 valence electrons. The van der Waals surface area contributed by atoms with Gasteiger partial charge in [-0.05, 0) is 24.1 Å². The van der Waals surface area contributed by atoms with Crippen molar-refractivity contribution in [1.29, 1.82) is 0 Å². The van der Waals surface area contributed by atoms with E-state index < -0.39 is 0 Å². The Morgan fingerprint density at radius 3 is 2.50 bits per heavy atom. The lowest BCUT2D eigenvalue weighted by Gasteiger charge is -2.13. The van der Waals surface area contributed by atoms with Crippen molar-refractivity contribution in [2.45, 2.75) is 44.9 Å². The van der Waals surface area contributed by atoms with Crippen LogP contribution in [0.3, 0.4) is 0 Å². The number of benzene rings is 1. The van der Waals surface area contributed by atoms with Gasteiger partial charge >= 0.3 is 0 Å². The minimum absolute atomic E-state index is 0.159. The highest BCUT2D eigenvalue weighted by Crippen LogP contribution is 2.28. The fourth-order valence-electron chi connectivity index (χ4n) is 2.70. The Bertz CT molecular complexity index is 423. The molecule has 0 heterocycles. The zero-order chi connectivity index (χ0) is 13.0. The van der Waals surface area contributed by atoms with Gasteiger partial charge in [-0.1, -0.05) is 50.1 Å². The molecule has 18 heavy (non-hydrogen) atoms. The van der Waals surface area contributed by atoms with Crippen molar-refractivity contribution >= 4 is 23.1 Å². The van der Waals surface area contributed by atoms with Crippen molar-refractivity contribution in [1.82, 2.24) is 0 Å². The van der Waals surface area contributed by atoms with E-state index in [0.29, 0.717) is 28.6 Å². The largest absolute Gasteiger partial charge is 0.399 e. The zero-order valence-corrected chi connectivity index (χ0v) is 11.4. The lowest BCUT2D eigenvalue weighted by Crippen LogP contribution is -2.09. The van der Waals surface area contributed by atoms with E-state index in [1.54, 1.807) is 18.2 Å². The molecule has 2 rings (SSSR count). The summed E-state index contributed by atoms with van der Waals surface area (Å²) in [5.41, 5.74) is 6.86. The molecule has 3 heteroatoms. The second kappa shape index (κ2) is 6.24. The smallest absolute Gasteiger partial charge is 0.164 e. The Labute approximate surface area is 114 Å². The third-order valence-corrected chi connectivity index (χ3v) is 4.06. The van der Waals surface area contributed by atoms with Crippen LogP contribution in [0.2, 0.25) is 5.02 Å². The number of hydrogen-bond acceptors (Lipinski definition) is 2. The van der Waals surface area contributed by atoms with Gasteiger partial charge in [-0.3, -0.25) is 4.79 Å². The van der Waals surface area contributed by atoms with Crippen LogP contribution in [-0.2, 0) is 0 Å². The van der Waals surface area contributed by atoms with E-state index in [-0.39, 0.29) is 5.78 Å². The molecule has 0 saturated heterocycles. The Balaban J connectivity index is 2.02. The first-order valence-corrected chi connectivity index (χ1v) is 7.13. The predicted octanol–water partition coefficient (Wildman–Crippen LogP) is 4.47. The van der Waals surface area contributed by atoms with Crippen molar-refractivity contribution in [2.75, 3.05) is 5.73 Å². The van der Waals surface area contributed by atoms with Crippen molar-refractivity contribution < 1.29 is 4.79 Å². The van der Waals surface area contributed by atoms with Crippen molar-refractivity contribution in [3.05, 3.63) is 28.8 Å². The number of carbonyl (C=O) groups is 1. The average Bonchev–Trinajstić information content (AvgIpc) is 2.57. The molecule has 0 atom stereocenters. The summed E-state index contributed by atoms with van der Waals surface area (Å²) >= 11 is 6.07. The molecule has 0 spiro atoms. The molecule has 0 aromatic heterocycles. The molecule has 0 aliphatic heterocycles. The van der Waals surface area contributed by atoms with Crippen molar-refractivity contribution in [3.8, 4) is 0 Å². The summed E-state index contributed by atoms with van der Waals surface area (Å²) in [5, 5.41) is 0.480. The highest BCUT2D eigenvalue weighted by molar-refractivity contribution is 6.34.